The molecular weight excluding hydrogens is 471 g/mol. The van der Waals surface area contributed by atoms with E-state index in [1.807, 2.05) is 12.1 Å². The van der Waals surface area contributed by atoms with Gasteiger partial charge in [-0.2, -0.15) is 0 Å². The van der Waals surface area contributed by atoms with Crippen LogP contribution < -0.4 is 10.2 Å². The molecule has 0 aliphatic heterocycles. The topological polar surface area (TPSA) is 80.3 Å². The molecule has 0 saturated heterocycles. The zero-order chi connectivity index (χ0) is 21.7. The zero-order valence-corrected chi connectivity index (χ0v) is 20.4. The number of hydrogen-bond acceptors (Lipinski definition) is 4. The molecular formula is C24H32O4Sn. The van der Waals surface area contributed by atoms with E-state index in [1.165, 1.54) is 25.7 Å². The van der Waals surface area contributed by atoms with Gasteiger partial charge in [0.2, 0.25) is 0 Å². The summed E-state index contributed by atoms with van der Waals surface area (Å²) in [6.45, 7) is 4.58. The van der Waals surface area contributed by atoms with Gasteiger partial charge in [0.15, 0.2) is 0 Å². The van der Waals surface area contributed by atoms with Gasteiger partial charge in [-0.15, -0.1) is 0 Å². The van der Waals surface area contributed by atoms with Crippen LogP contribution in [-0.4, -0.2) is 33.1 Å². The third kappa shape index (κ3) is 19.3. The number of aliphatic carboxylic acids is 2. The van der Waals surface area contributed by atoms with Crippen molar-refractivity contribution in [1.82, 2.24) is 0 Å². The zero-order valence-electron chi connectivity index (χ0n) is 17.6. The van der Waals surface area contributed by atoms with E-state index >= 15 is 0 Å². The Bertz CT molecular complexity index is 587. The van der Waals surface area contributed by atoms with E-state index in [4.69, 9.17) is 0 Å². The Hall–Kier alpha value is -1.82. The van der Waals surface area contributed by atoms with Crippen LogP contribution in [0.5, 0.6) is 0 Å². The van der Waals surface area contributed by atoms with E-state index in [0.717, 1.165) is 11.1 Å². The Morgan fingerprint density at radius 3 is 1.31 bits per heavy atom. The predicted octanol–water partition coefficient (Wildman–Crippen LogP) is 3.09. The third-order valence-electron chi connectivity index (χ3n) is 3.80. The molecule has 29 heavy (non-hydrogen) atoms. The summed E-state index contributed by atoms with van der Waals surface area (Å²) in [7, 11) is 0. The van der Waals surface area contributed by atoms with Crippen LogP contribution in [-0.2, 0) is 22.4 Å². The molecule has 0 bridgehead atoms. The van der Waals surface area contributed by atoms with Crippen LogP contribution in [0.4, 0.5) is 0 Å². The van der Waals surface area contributed by atoms with Crippen molar-refractivity contribution in [2.75, 3.05) is 0 Å². The maximum atomic E-state index is 10.1. The molecule has 156 valence electrons. The van der Waals surface area contributed by atoms with E-state index in [9.17, 15) is 19.8 Å². The number of carboxylic acid groups (broad SMARTS) is 2. The molecule has 0 fully saturated rings. The van der Waals surface area contributed by atoms with Crippen molar-refractivity contribution in [3.63, 3.8) is 0 Å². The van der Waals surface area contributed by atoms with Gasteiger partial charge in [-0.3, -0.25) is 0 Å². The normalized spacial score (nSPS) is 9.17. The Morgan fingerprint density at radius 1 is 0.690 bits per heavy atom. The maximum Gasteiger partial charge on any atom is 0.0458 e. The second-order valence-electron chi connectivity index (χ2n) is 6.53. The SMILES string of the molecule is CCC[CH2][Sn+2][CH2]CCC.O=C([O-])Cc1ccccc1.O=C([O-])Cc1ccccc1. The first-order valence-corrected chi connectivity index (χ1v) is 14.2. The quantitative estimate of drug-likeness (QED) is 0.369. The summed E-state index contributed by atoms with van der Waals surface area (Å²) in [4.78, 5) is 20.1. The standard InChI is InChI=1S/2C8H8O2.2C4H9.Sn/c2*9-8(10)6-7-4-2-1-3-5-7;2*1-3-4-2;/h2*1-5H,6H2,(H,9,10);2*1,3-4H2,2H3;/q;;;;+2/p-2. The molecule has 0 spiro atoms. The first-order chi connectivity index (χ1) is 14.0. The molecule has 2 rings (SSSR count). The van der Waals surface area contributed by atoms with Gasteiger partial charge in [0.05, 0.1) is 0 Å². The Labute approximate surface area is 185 Å². The summed E-state index contributed by atoms with van der Waals surface area (Å²) >= 11 is 0.149. The summed E-state index contributed by atoms with van der Waals surface area (Å²) < 4.78 is 3.25. The first kappa shape index (κ1) is 27.2. The van der Waals surface area contributed by atoms with Gasteiger partial charge in [0.25, 0.3) is 0 Å². The number of benzene rings is 2. The average Bonchev–Trinajstić information content (AvgIpc) is 2.70. The number of carboxylic acids is 2. The number of carbonyl (C=O) groups is 2. The Kier molecular flexibility index (Phi) is 18.3. The van der Waals surface area contributed by atoms with Crippen LogP contribution in [0.25, 0.3) is 0 Å². The van der Waals surface area contributed by atoms with E-state index in [-0.39, 0.29) is 34.0 Å². The van der Waals surface area contributed by atoms with Crippen molar-refractivity contribution in [3.05, 3.63) is 71.8 Å². The first-order valence-electron chi connectivity index (χ1n) is 10.2. The fourth-order valence-electron chi connectivity index (χ4n) is 2.25. The summed E-state index contributed by atoms with van der Waals surface area (Å²) in [5.74, 6) is -2.07. The molecule has 0 atom stereocenters. The minimum atomic E-state index is -1.04. The van der Waals surface area contributed by atoms with E-state index in [2.05, 4.69) is 13.8 Å². The molecule has 0 unspecified atom stereocenters. The molecule has 4 nitrogen and oxygen atoms in total. The van der Waals surface area contributed by atoms with Crippen LogP contribution in [0.2, 0.25) is 8.87 Å². The fourth-order valence-corrected chi connectivity index (χ4v) is 6.41. The van der Waals surface area contributed by atoms with Gasteiger partial charge in [0.1, 0.15) is 0 Å². The van der Waals surface area contributed by atoms with Gasteiger partial charge in [0, 0.05) is 24.8 Å². The molecule has 2 aromatic rings. The van der Waals surface area contributed by atoms with Crippen LogP contribution in [0.1, 0.15) is 50.7 Å². The largest absolute Gasteiger partial charge is 0.550 e. The number of unbranched alkanes of at least 4 members (excludes halogenated alkanes) is 2. The molecule has 0 aliphatic carbocycles. The van der Waals surface area contributed by atoms with E-state index < -0.39 is 11.9 Å². The molecule has 0 saturated carbocycles. The molecule has 0 amide bonds. The minimum Gasteiger partial charge on any atom is -0.550 e. The molecule has 2 aromatic carbocycles. The molecule has 0 radical (unpaired) electrons. The number of rotatable bonds is 10. The Morgan fingerprint density at radius 2 is 1.03 bits per heavy atom. The van der Waals surface area contributed by atoms with E-state index in [1.54, 1.807) is 57.4 Å². The predicted molar refractivity (Wildman–Crippen MR) is 115 cm³/mol. The Balaban J connectivity index is 0.000000407. The van der Waals surface area contributed by atoms with Crippen molar-refractivity contribution < 1.29 is 19.8 Å². The number of carbonyl (C=O) groups excluding carboxylic acids is 2. The number of hydrogen-bond donors (Lipinski definition) is 0. The average molecular weight is 503 g/mol. The molecule has 0 aromatic heterocycles. The van der Waals surface area contributed by atoms with Gasteiger partial charge >= 0.3 is 69.5 Å². The van der Waals surface area contributed by atoms with Gasteiger partial charge in [-0.05, 0) is 11.1 Å². The summed E-state index contributed by atoms with van der Waals surface area (Å²) in [6, 6.07) is 17.9. The van der Waals surface area contributed by atoms with Crippen LogP contribution in [0.15, 0.2) is 60.7 Å². The minimum absolute atomic E-state index is 0.000833. The third-order valence-corrected chi connectivity index (χ3v) is 7.83. The van der Waals surface area contributed by atoms with Crippen molar-refractivity contribution >= 4 is 33.1 Å². The van der Waals surface area contributed by atoms with E-state index in [0.29, 0.717) is 0 Å². The van der Waals surface area contributed by atoms with Gasteiger partial charge in [-0.25, -0.2) is 0 Å². The van der Waals surface area contributed by atoms with Crippen molar-refractivity contribution in [2.24, 2.45) is 0 Å². The van der Waals surface area contributed by atoms with Crippen LogP contribution in [0.3, 0.4) is 0 Å². The molecule has 5 heteroatoms. The van der Waals surface area contributed by atoms with Crippen molar-refractivity contribution in [3.8, 4) is 0 Å². The molecule has 0 heterocycles. The van der Waals surface area contributed by atoms with Gasteiger partial charge in [-0.1, -0.05) is 60.7 Å². The molecule has 0 N–H and O–H groups in total. The fraction of sp³-hybridized carbons (Fsp3) is 0.417. The van der Waals surface area contributed by atoms with Crippen molar-refractivity contribution in [1.29, 1.82) is 0 Å². The van der Waals surface area contributed by atoms with Crippen molar-refractivity contribution in [2.45, 2.75) is 61.2 Å². The summed E-state index contributed by atoms with van der Waals surface area (Å²) in [5.41, 5.74) is 1.56. The second-order valence-corrected chi connectivity index (χ2v) is 10.8. The second kappa shape index (κ2) is 19.5. The molecule has 0 aliphatic rings. The monoisotopic (exact) mass is 504 g/mol. The van der Waals surface area contributed by atoms with Crippen LogP contribution in [0, 0.1) is 0 Å². The van der Waals surface area contributed by atoms with Gasteiger partial charge < -0.3 is 19.8 Å². The summed E-state index contributed by atoms with van der Waals surface area (Å²) in [5, 5.41) is 20.1. The smallest absolute Gasteiger partial charge is 0.0458 e. The summed E-state index contributed by atoms with van der Waals surface area (Å²) in [6.07, 6.45) is 5.84. The maximum absolute atomic E-state index is 10.1. The van der Waals surface area contributed by atoms with Crippen LogP contribution >= 0.6 is 0 Å².